The maximum atomic E-state index is 11.1. The molecule has 1 rings (SSSR count). The van der Waals surface area contributed by atoms with E-state index < -0.39 is 0 Å². The number of nitrogens with two attached hydrogens (primary N) is 1. The van der Waals surface area contributed by atoms with Crippen molar-refractivity contribution >= 4 is 5.91 Å². The van der Waals surface area contributed by atoms with Crippen LogP contribution in [-0.2, 0) is 4.79 Å². The van der Waals surface area contributed by atoms with E-state index in [1.807, 2.05) is 7.05 Å². The van der Waals surface area contributed by atoms with Crippen molar-refractivity contribution < 1.29 is 4.79 Å². The van der Waals surface area contributed by atoms with E-state index in [4.69, 9.17) is 5.84 Å². The quantitative estimate of drug-likeness (QED) is 0.412. The highest BCUT2D eigenvalue weighted by Crippen LogP contribution is 2.14. The molecule has 1 aliphatic rings. The molecule has 0 bridgehead atoms. The van der Waals surface area contributed by atoms with E-state index in [-0.39, 0.29) is 5.91 Å². The molecule has 0 aromatic carbocycles. The zero-order valence-electron chi connectivity index (χ0n) is 6.84. The molecule has 1 amide bonds. The van der Waals surface area contributed by atoms with Crippen molar-refractivity contribution in [3.8, 4) is 0 Å². The Kier molecular flexibility index (Phi) is 2.84. The summed E-state index contributed by atoms with van der Waals surface area (Å²) in [6.45, 7) is 1.62. The molecule has 4 nitrogen and oxygen atoms in total. The average molecular weight is 157 g/mol. The van der Waals surface area contributed by atoms with Gasteiger partial charge >= 0.3 is 0 Å². The smallest absolute Gasteiger partial charge is 0.236 e. The van der Waals surface area contributed by atoms with Gasteiger partial charge in [0, 0.05) is 13.0 Å². The zero-order chi connectivity index (χ0) is 8.27. The summed E-state index contributed by atoms with van der Waals surface area (Å²) < 4.78 is 0. The summed E-state index contributed by atoms with van der Waals surface area (Å²) in [6, 6.07) is 0. The first kappa shape index (κ1) is 8.49. The van der Waals surface area contributed by atoms with E-state index in [0.717, 1.165) is 13.0 Å². The molecule has 1 saturated heterocycles. The van der Waals surface area contributed by atoms with Crippen LogP contribution in [0.1, 0.15) is 12.8 Å². The van der Waals surface area contributed by atoms with E-state index in [1.165, 1.54) is 5.01 Å². The topological polar surface area (TPSA) is 58.4 Å². The van der Waals surface area contributed by atoms with Crippen LogP contribution in [0.5, 0.6) is 0 Å². The minimum atomic E-state index is 0.0662. The summed E-state index contributed by atoms with van der Waals surface area (Å²) in [4.78, 5) is 11.1. The average Bonchev–Trinajstić information content (AvgIpc) is 1.98. The number of hydrogen-bond donors (Lipinski definition) is 2. The fraction of sp³-hybridized carbons (Fsp3) is 0.857. The van der Waals surface area contributed by atoms with Crippen LogP contribution in [0.2, 0.25) is 0 Å². The fourth-order valence-corrected chi connectivity index (χ4v) is 1.38. The lowest BCUT2D eigenvalue weighted by atomic mass is 9.97. The van der Waals surface area contributed by atoms with Crippen molar-refractivity contribution in [3.05, 3.63) is 0 Å². The van der Waals surface area contributed by atoms with Gasteiger partial charge in [-0.15, -0.1) is 0 Å². The summed E-state index contributed by atoms with van der Waals surface area (Å²) in [5.41, 5.74) is 0. The molecule has 4 heteroatoms. The van der Waals surface area contributed by atoms with E-state index in [1.54, 1.807) is 0 Å². The summed E-state index contributed by atoms with van der Waals surface area (Å²) >= 11 is 0. The third kappa shape index (κ3) is 2.17. The molecule has 64 valence electrons. The van der Waals surface area contributed by atoms with Crippen LogP contribution >= 0.6 is 0 Å². The number of hydrazine groups is 1. The third-order valence-electron chi connectivity index (χ3n) is 2.05. The first-order valence-corrected chi connectivity index (χ1v) is 3.93. The number of carbonyl (C=O) groups is 1. The van der Waals surface area contributed by atoms with Gasteiger partial charge in [0.25, 0.3) is 0 Å². The van der Waals surface area contributed by atoms with Crippen molar-refractivity contribution in [3.63, 3.8) is 0 Å². The molecule has 1 fully saturated rings. The van der Waals surface area contributed by atoms with E-state index in [2.05, 4.69) is 5.32 Å². The van der Waals surface area contributed by atoms with Gasteiger partial charge in [0.15, 0.2) is 0 Å². The van der Waals surface area contributed by atoms with Crippen LogP contribution in [0, 0.1) is 5.92 Å². The van der Waals surface area contributed by atoms with Gasteiger partial charge in [0.1, 0.15) is 0 Å². The number of nitrogens with one attached hydrogen (secondary N) is 1. The number of amides is 1. The summed E-state index contributed by atoms with van der Waals surface area (Å²) in [5.74, 6) is 5.95. The molecular weight excluding hydrogens is 142 g/mol. The highest BCUT2D eigenvalue weighted by atomic mass is 16.2. The Balaban J connectivity index is 2.34. The fourth-order valence-electron chi connectivity index (χ4n) is 1.38. The van der Waals surface area contributed by atoms with Gasteiger partial charge in [-0.25, -0.2) is 5.84 Å². The van der Waals surface area contributed by atoms with Crippen molar-refractivity contribution in [2.45, 2.75) is 12.8 Å². The van der Waals surface area contributed by atoms with Crippen LogP contribution in [0.25, 0.3) is 0 Å². The summed E-state index contributed by atoms with van der Waals surface area (Å²) in [5, 5.41) is 4.37. The standard InChI is InChI=1S/C7H15N3O/c1-9-5-6-2-3-10(8)7(11)4-6/h6,9H,2-5,8H2,1H3. The minimum Gasteiger partial charge on any atom is -0.319 e. The normalized spacial score (nSPS) is 25.8. The second-order valence-electron chi connectivity index (χ2n) is 3.00. The first-order valence-electron chi connectivity index (χ1n) is 3.93. The van der Waals surface area contributed by atoms with Gasteiger partial charge in [-0.05, 0) is 25.9 Å². The van der Waals surface area contributed by atoms with Crippen LogP contribution < -0.4 is 11.2 Å². The summed E-state index contributed by atoms with van der Waals surface area (Å²) in [6.07, 6.45) is 1.61. The molecule has 0 saturated carbocycles. The predicted octanol–water partition coefficient (Wildman–Crippen LogP) is -0.682. The van der Waals surface area contributed by atoms with E-state index in [0.29, 0.717) is 18.9 Å². The molecule has 0 spiro atoms. The Bertz CT molecular complexity index is 149. The minimum absolute atomic E-state index is 0.0662. The highest BCUT2D eigenvalue weighted by molar-refractivity contribution is 5.76. The maximum Gasteiger partial charge on any atom is 0.236 e. The molecule has 1 aliphatic heterocycles. The predicted molar refractivity (Wildman–Crippen MR) is 42.6 cm³/mol. The molecule has 11 heavy (non-hydrogen) atoms. The lowest BCUT2D eigenvalue weighted by Crippen LogP contribution is -2.45. The highest BCUT2D eigenvalue weighted by Gasteiger charge is 2.22. The zero-order valence-corrected chi connectivity index (χ0v) is 6.84. The summed E-state index contributed by atoms with van der Waals surface area (Å²) in [7, 11) is 1.90. The number of piperidine rings is 1. The number of carbonyl (C=O) groups excluding carboxylic acids is 1. The van der Waals surface area contributed by atoms with E-state index >= 15 is 0 Å². The van der Waals surface area contributed by atoms with Crippen molar-refractivity contribution in [2.75, 3.05) is 20.1 Å². The Morgan fingerprint density at radius 3 is 3.09 bits per heavy atom. The molecule has 1 heterocycles. The first-order chi connectivity index (χ1) is 5.24. The van der Waals surface area contributed by atoms with E-state index in [9.17, 15) is 4.79 Å². The van der Waals surface area contributed by atoms with Gasteiger partial charge in [0.2, 0.25) is 5.91 Å². The lowest BCUT2D eigenvalue weighted by molar-refractivity contribution is -0.135. The molecule has 1 unspecified atom stereocenters. The molecule has 1 atom stereocenters. The Morgan fingerprint density at radius 2 is 2.55 bits per heavy atom. The number of hydrogen-bond acceptors (Lipinski definition) is 3. The molecule has 3 N–H and O–H groups in total. The van der Waals surface area contributed by atoms with Gasteiger partial charge < -0.3 is 5.32 Å². The van der Waals surface area contributed by atoms with Crippen LogP contribution in [-0.4, -0.2) is 31.1 Å². The molecule has 0 aliphatic carbocycles. The van der Waals surface area contributed by atoms with Crippen molar-refractivity contribution in [1.29, 1.82) is 0 Å². The van der Waals surface area contributed by atoms with Gasteiger partial charge in [-0.1, -0.05) is 0 Å². The Labute approximate surface area is 66.7 Å². The molecule has 0 aromatic rings. The monoisotopic (exact) mass is 157 g/mol. The second-order valence-corrected chi connectivity index (χ2v) is 3.00. The Morgan fingerprint density at radius 1 is 1.82 bits per heavy atom. The third-order valence-corrected chi connectivity index (χ3v) is 2.05. The van der Waals surface area contributed by atoms with Crippen molar-refractivity contribution in [1.82, 2.24) is 10.3 Å². The molecule has 0 aromatic heterocycles. The van der Waals surface area contributed by atoms with Gasteiger partial charge in [-0.2, -0.15) is 0 Å². The Hall–Kier alpha value is -0.610. The number of nitrogens with zero attached hydrogens (tertiary/aromatic N) is 1. The van der Waals surface area contributed by atoms with Crippen LogP contribution in [0.15, 0.2) is 0 Å². The van der Waals surface area contributed by atoms with Crippen LogP contribution in [0.3, 0.4) is 0 Å². The largest absolute Gasteiger partial charge is 0.319 e. The maximum absolute atomic E-state index is 11.1. The van der Waals surface area contributed by atoms with Crippen molar-refractivity contribution in [2.24, 2.45) is 11.8 Å². The SMILES string of the molecule is CNCC1CCN(N)C(=O)C1. The number of rotatable bonds is 2. The molecular formula is C7H15N3O. The molecule has 0 radical (unpaired) electrons. The lowest BCUT2D eigenvalue weighted by Gasteiger charge is -2.27. The van der Waals surface area contributed by atoms with Gasteiger partial charge in [0.05, 0.1) is 0 Å². The van der Waals surface area contributed by atoms with Gasteiger partial charge in [-0.3, -0.25) is 9.80 Å². The van der Waals surface area contributed by atoms with Crippen LogP contribution in [0.4, 0.5) is 0 Å². The second kappa shape index (κ2) is 3.69.